The molecule has 1 aliphatic heterocycles. The summed E-state index contributed by atoms with van der Waals surface area (Å²) in [7, 11) is 0. The van der Waals surface area contributed by atoms with Crippen molar-refractivity contribution in [2.45, 2.75) is 44.8 Å². The van der Waals surface area contributed by atoms with E-state index in [0.717, 1.165) is 5.92 Å². The van der Waals surface area contributed by atoms with Crippen molar-refractivity contribution in [1.29, 1.82) is 0 Å². The first-order chi connectivity index (χ1) is 6.08. The van der Waals surface area contributed by atoms with E-state index >= 15 is 0 Å². The van der Waals surface area contributed by atoms with Gasteiger partial charge in [-0.1, -0.05) is 20.8 Å². The summed E-state index contributed by atoms with van der Waals surface area (Å²) in [5.74, 6) is 2.31. The van der Waals surface area contributed by atoms with Crippen LogP contribution in [0.5, 0.6) is 0 Å². The minimum atomic E-state index is 0.444. The van der Waals surface area contributed by atoms with Gasteiger partial charge in [0.1, 0.15) is 0 Å². The second kappa shape index (κ2) is 5.26. The molecule has 1 aliphatic rings. The summed E-state index contributed by atoms with van der Waals surface area (Å²) >= 11 is 2.12. The van der Waals surface area contributed by atoms with E-state index in [0.29, 0.717) is 4.75 Å². The first-order valence-electron chi connectivity index (χ1n) is 5.42. The van der Waals surface area contributed by atoms with Crippen molar-refractivity contribution in [2.75, 3.05) is 18.8 Å². The number of rotatable bonds is 2. The molecule has 1 nitrogen and oxygen atoms in total. The van der Waals surface area contributed by atoms with E-state index < -0.39 is 0 Å². The summed E-state index contributed by atoms with van der Waals surface area (Å²) in [6.45, 7) is 9.40. The van der Waals surface area contributed by atoms with Gasteiger partial charge in [-0.15, -0.1) is 0 Å². The highest BCUT2D eigenvalue weighted by Gasteiger charge is 2.16. The zero-order valence-electron chi connectivity index (χ0n) is 9.23. The van der Waals surface area contributed by atoms with Gasteiger partial charge in [0, 0.05) is 4.75 Å². The molecule has 2 heteroatoms. The van der Waals surface area contributed by atoms with Gasteiger partial charge in [0.05, 0.1) is 0 Å². The van der Waals surface area contributed by atoms with Crippen molar-refractivity contribution in [1.82, 2.24) is 5.32 Å². The highest BCUT2D eigenvalue weighted by molar-refractivity contribution is 8.00. The lowest BCUT2D eigenvalue weighted by atomic mass is 10.0. The lowest BCUT2D eigenvalue weighted by Crippen LogP contribution is -2.16. The minimum absolute atomic E-state index is 0.444. The fraction of sp³-hybridized carbons (Fsp3) is 1.00. The first-order valence-corrected chi connectivity index (χ1v) is 6.41. The van der Waals surface area contributed by atoms with E-state index in [-0.39, 0.29) is 0 Å². The lowest BCUT2D eigenvalue weighted by molar-refractivity contribution is 0.526. The molecule has 0 aliphatic carbocycles. The number of nitrogens with one attached hydrogen (secondary N) is 1. The van der Waals surface area contributed by atoms with Crippen molar-refractivity contribution in [2.24, 2.45) is 5.92 Å². The number of hydrogen-bond donors (Lipinski definition) is 1. The lowest BCUT2D eigenvalue weighted by Gasteiger charge is -2.21. The van der Waals surface area contributed by atoms with Crippen molar-refractivity contribution in [3.8, 4) is 0 Å². The highest BCUT2D eigenvalue weighted by Crippen LogP contribution is 2.28. The van der Waals surface area contributed by atoms with Crippen molar-refractivity contribution >= 4 is 11.8 Å². The molecule has 0 radical (unpaired) electrons. The molecule has 0 amide bonds. The Bertz CT molecular complexity index is 132. The molecular weight excluding hydrogens is 178 g/mol. The van der Waals surface area contributed by atoms with Crippen molar-refractivity contribution in [3.63, 3.8) is 0 Å². The number of thioether (sulfide) groups is 1. The van der Waals surface area contributed by atoms with Gasteiger partial charge < -0.3 is 5.32 Å². The molecule has 0 aromatic carbocycles. The predicted octanol–water partition coefficient (Wildman–Crippen LogP) is 2.91. The normalized spacial score (nSPS) is 25.6. The van der Waals surface area contributed by atoms with E-state index in [1.165, 1.54) is 38.1 Å². The Morgan fingerprint density at radius 1 is 1.23 bits per heavy atom. The van der Waals surface area contributed by atoms with Gasteiger partial charge in [-0.05, 0) is 44.0 Å². The third kappa shape index (κ3) is 5.58. The minimum Gasteiger partial charge on any atom is -0.317 e. The Morgan fingerprint density at radius 2 is 2.00 bits per heavy atom. The average molecular weight is 201 g/mol. The van der Waals surface area contributed by atoms with Crippen LogP contribution >= 0.6 is 11.8 Å². The largest absolute Gasteiger partial charge is 0.317 e. The quantitative estimate of drug-likeness (QED) is 0.737. The fourth-order valence-corrected chi connectivity index (χ4v) is 2.69. The monoisotopic (exact) mass is 201 g/mol. The van der Waals surface area contributed by atoms with E-state index in [1.807, 2.05) is 0 Å². The average Bonchev–Trinajstić information content (AvgIpc) is 2.26. The molecule has 0 bridgehead atoms. The third-order valence-corrected chi connectivity index (χ3v) is 3.95. The van der Waals surface area contributed by atoms with E-state index in [2.05, 4.69) is 37.8 Å². The molecule has 1 rings (SSSR count). The smallest absolute Gasteiger partial charge is 0.00751 e. The summed E-state index contributed by atoms with van der Waals surface area (Å²) in [6.07, 6.45) is 4.18. The van der Waals surface area contributed by atoms with Crippen LogP contribution in [0.3, 0.4) is 0 Å². The van der Waals surface area contributed by atoms with Gasteiger partial charge in [0.15, 0.2) is 0 Å². The van der Waals surface area contributed by atoms with Crippen LogP contribution in [0.1, 0.15) is 40.0 Å². The summed E-state index contributed by atoms with van der Waals surface area (Å²) in [4.78, 5) is 0. The van der Waals surface area contributed by atoms with Crippen LogP contribution in [0, 0.1) is 5.92 Å². The highest BCUT2D eigenvalue weighted by atomic mass is 32.2. The van der Waals surface area contributed by atoms with Crippen LogP contribution in [-0.2, 0) is 0 Å². The molecule has 78 valence electrons. The van der Waals surface area contributed by atoms with Gasteiger partial charge in [-0.2, -0.15) is 11.8 Å². The predicted molar refractivity (Wildman–Crippen MR) is 62.4 cm³/mol. The maximum Gasteiger partial charge on any atom is 0.00751 e. The zero-order chi connectivity index (χ0) is 9.73. The maximum atomic E-state index is 3.47. The molecule has 0 saturated carbocycles. The molecule has 1 atom stereocenters. The van der Waals surface area contributed by atoms with Gasteiger partial charge in [0.25, 0.3) is 0 Å². The Morgan fingerprint density at radius 3 is 2.69 bits per heavy atom. The molecule has 13 heavy (non-hydrogen) atoms. The van der Waals surface area contributed by atoms with E-state index in [1.54, 1.807) is 0 Å². The summed E-state index contributed by atoms with van der Waals surface area (Å²) < 4.78 is 0.444. The number of hydrogen-bond acceptors (Lipinski definition) is 2. The second-order valence-corrected chi connectivity index (χ2v) is 6.82. The van der Waals surface area contributed by atoms with Gasteiger partial charge in [0.2, 0.25) is 0 Å². The van der Waals surface area contributed by atoms with Gasteiger partial charge in [-0.3, -0.25) is 0 Å². The van der Waals surface area contributed by atoms with Crippen LogP contribution in [0.4, 0.5) is 0 Å². The van der Waals surface area contributed by atoms with Gasteiger partial charge >= 0.3 is 0 Å². The summed E-state index contributed by atoms with van der Waals surface area (Å²) in [6, 6.07) is 0. The Labute approximate surface area is 87.1 Å². The maximum absolute atomic E-state index is 3.47. The molecule has 1 fully saturated rings. The van der Waals surface area contributed by atoms with Crippen LogP contribution < -0.4 is 5.32 Å². The SMILES string of the molecule is CC(C)(C)SCC1CCCNCC1. The molecule has 0 spiro atoms. The van der Waals surface area contributed by atoms with E-state index in [4.69, 9.17) is 0 Å². The van der Waals surface area contributed by atoms with Crippen LogP contribution in [-0.4, -0.2) is 23.6 Å². The fourth-order valence-electron chi connectivity index (χ4n) is 1.63. The Hall–Kier alpha value is 0.310. The standard InChI is InChI=1S/C11H23NS/c1-11(2,3)13-9-10-5-4-7-12-8-6-10/h10,12H,4-9H2,1-3H3. The van der Waals surface area contributed by atoms with E-state index in [9.17, 15) is 0 Å². The molecular formula is C11H23NS. The Kier molecular flexibility index (Phi) is 4.60. The molecule has 1 unspecified atom stereocenters. The summed E-state index contributed by atoms with van der Waals surface area (Å²) in [5, 5.41) is 3.47. The van der Waals surface area contributed by atoms with Crippen molar-refractivity contribution in [3.05, 3.63) is 0 Å². The summed E-state index contributed by atoms with van der Waals surface area (Å²) in [5.41, 5.74) is 0. The topological polar surface area (TPSA) is 12.0 Å². The Balaban J connectivity index is 2.19. The third-order valence-electron chi connectivity index (χ3n) is 2.45. The molecule has 1 heterocycles. The molecule has 0 aromatic heterocycles. The van der Waals surface area contributed by atoms with Crippen LogP contribution in [0.15, 0.2) is 0 Å². The zero-order valence-corrected chi connectivity index (χ0v) is 10.0. The molecule has 1 saturated heterocycles. The molecule has 1 N–H and O–H groups in total. The van der Waals surface area contributed by atoms with Gasteiger partial charge in [-0.25, -0.2) is 0 Å². The molecule has 0 aromatic rings. The van der Waals surface area contributed by atoms with Crippen molar-refractivity contribution < 1.29 is 0 Å². The second-order valence-electron chi connectivity index (χ2n) is 4.97. The van der Waals surface area contributed by atoms with Crippen LogP contribution in [0.2, 0.25) is 0 Å². The first kappa shape index (κ1) is 11.4. The van der Waals surface area contributed by atoms with Crippen LogP contribution in [0.25, 0.3) is 0 Å².